The number of anilines is 1. The Morgan fingerprint density at radius 3 is 2.22 bits per heavy atom. The van der Waals surface area contributed by atoms with Crippen molar-refractivity contribution in [3.05, 3.63) is 76.1 Å². The number of rotatable bonds is 7. The monoisotopic (exact) mass is 709 g/mol. The Labute approximate surface area is 293 Å². The zero-order chi connectivity index (χ0) is 36.7. The van der Waals surface area contributed by atoms with E-state index in [0.717, 1.165) is 6.07 Å². The molecule has 0 bridgehead atoms. The Morgan fingerprint density at radius 2 is 1.63 bits per heavy atom. The molecule has 0 aliphatic rings. The second kappa shape index (κ2) is 13.7. The molecule has 2 heterocycles. The minimum Gasteiger partial charge on any atom is -0.444 e. The van der Waals surface area contributed by atoms with Gasteiger partial charge in [0.25, 0.3) is 0 Å². The molecule has 4 rings (SSSR count). The number of nitrogens with two attached hydrogens (primary N) is 1. The highest BCUT2D eigenvalue weighted by molar-refractivity contribution is 6.74. The fourth-order valence-electron chi connectivity index (χ4n) is 5.32. The fraction of sp³-hybridized carbons (Fsp3) is 0.432. The maximum atomic E-state index is 14.4. The molecule has 0 saturated heterocycles. The van der Waals surface area contributed by atoms with Gasteiger partial charge in [0, 0.05) is 24.2 Å². The topological polar surface area (TPSA) is 104 Å². The van der Waals surface area contributed by atoms with Crippen molar-refractivity contribution < 1.29 is 22.7 Å². The highest BCUT2D eigenvalue weighted by Gasteiger charge is 2.41. The third-order valence-corrected chi connectivity index (χ3v) is 13.3. The standard InChI is InChI=1S/C37H46ClF2N5O3Si/c1-35(2,3)47-34(46)43-29(20-22-18-23(39)21-24(40)19-22)31-26(27-14-15-28(38)30-32(27)45(9)44-33(30)41)13-12-25(42-31)16-17-37(7,8)48-49(10,11)36(4,5)6/h12-15,18-19,21,29H,20H2,1-11H3,(H2,41,44)(H,43,46). The van der Waals surface area contributed by atoms with Crippen LogP contribution in [-0.4, -0.2) is 40.4 Å². The van der Waals surface area contributed by atoms with Crippen molar-refractivity contribution in [1.29, 1.82) is 0 Å². The predicted molar refractivity (Wildman–Crippen MR) is 195 cm³/mol. The molecule has 0 saturated carbocycles. The molecule has 8 nitrogen and oxygen atoms in total. The summed E-state index contributed by atoms with van der Waals surface area (Å²) < 4.78 is 42.7. The van der Waals surface area contributed by atoms with Crippen molar-refractivity contribution in [2.75, 3.05) is 5.73 Å². The van der Waals surface area contributed by atoms with E-state index in [2.05, 4.69) is 56.1 Å². The summed E-state index contributed by atoms with van der Waals surface area (Å²) in [6, 6.07) is 9.48. The van der Waals surface area contributed by atoms with Gasteiger partial charge in [0.2, 0.25) is 0 Å². The molecular formula is C37H46ClF2N5O3Si. The van der Waals surface area contributed by atoms with Gasteiger partial charge in [-0.05, 0) is 101 Å². The number of carbonyl (C=O) groups excluding carboxylic acids is 1. The number of nitrogens with one attached hydrogen (secondary N) is 1. The van der Waals surface area contributed by atoms with Crippen LogP contribution >= 0.6 is 11.6 Å². The van der Waals surface area contributed by atoms with Crippen LogP contribution in [0.3, 0.4) is 0 Å². The maximum absolute atomic E-state index is 14.4. The van der Waals surface area contributed by atoms with E-state index in [9.17, 15) is 13.6 Å². The first kappa shape index (κ1) is 37.8. The van der Waals surface area contributed by atoms with E-state index in [0.29, 0.717) is 44.0 Å². The van der Waals surface area contributed by atoms with E-state index < -0.39 is 43.3 Å². The summed E-state index contributed by atoms with van der Waals surface area (Å²) in [6.45, 7) is 19.9. The van der Waals surface area contributed by atoms with Crippen molar-refractivity contribution in [2.24, 2.45) is 7.05 Å². The van der Waals surface area contributed by atoms with Crippen LogP contribution in [0.25, 0.3) is 22.0 Å². The van der Waals surface area contributed by atoms with Crippen molar-refractivity contribution in [3.8, 4) is 23.0 Å². The van der Waals surface area contributed by atoms with Crippen LogP contribution in [0, 0.1) is 23.5 Å². The van der Waals surface area contributed by atoms with Crippen LogP contribution in [0.1, 0.15) is 78.4 Å². The SMILES string of the molecule is Cn1nc(N)c2c(Cl)ccc(-c3ccc(C#CC(C)(C)O[Si](C)(C)C(C)(C)C)nc3C(Cc3cc(F)cc(F)c3)NC(=O)OC(C)(C)C)c21. The summed E-state index contributed by atoms with van der Waals surface area (Å²) >= 11 is 6.57. The number of fused-ring (bicyclic) bond motifs is 1. The van der Waals surface area contributed by atoms with Gasteiger partial charge in [0.1, 0.15) is 28.5 Å². The smallest absolute Gasteiger partial charge is 0.408 e. The third kappa shape index (κ3) is 9.18. The first-order valence-corrected chi connectivity index (χ1v) is 19.3. The molecule has 12 heteroatoms. The molecule has 3 N–H and O–H groups in total. The fourth-order valence-corrected chi connectivity index (χ4v) is 7.21. The molecule has 2 aromatic carbocycles. The van der Waals surface area contributed by atoms with Gasteiger partial charge < -0.3 is 20.2 Å². The van der Waals surface area contributed by atoms with Crippen LogP contribution in [-0.2, 0) is 22.6 Å². The number of nitrogens with zero attached hydrogens (tertiary/aromatic N) is 3. The van der Waals surface area contributed by atoms with Crippen LogP contribution < -0.4 is 11.1 Å². The minimum absolute atomic E-state index is 0.0188. The average Bonchev–Trinajstić information content (AvgIpc) is 3.23. The zero-order valence-corrected chi connectivity index (χ0v) is 31.9. The largest absolute Gasteiger partial charge is 0.444 e. The van der Waals surface area contributed by atoms with Crippen LogP contribution in [0.15, 0.2) is 42.5 Å². The molecule has 262 valence electrons. The number of aryl methyl sites for hydroxylation is 1. The highest BCUT2D eigenvalue weighted by Crippen LogP contribution is 2.40. The Hall–Kier alpha value is -3.98. The van der Waals surface area contributed by atoms with Crippen LogP contribution in [0.4, 0.5) is 19.4 Å². The van der Waals surface area contributed by atoms with Gasteiger partial charge >= 0.3 is 6.09 Å². The van der Waals surface area contributed by atoms with E-state index in [1.807, 2.05) is 26.0 Å². The summed E-state index contributed by atoms with van der Waals surface area (Å²) in [5, 5.41) is 8.26. The quantitative estimate of drug-likeness (QED) is 0.147. The van der Waals surface area contributed by atoms with Gasteiger partial charge in [0.15, 0.2) is 14.1 Å². The number of nitrogen functional groups attached to an aromatic ring is 1. The molecular weight excluding hydrogens is 664 g/mol. The number of hydrogen-bond acceptors (Lipinski definition) is 6. The molecule has 0 radical (unpaired) electrons. The summed E-state index contributed by atoms with van der Waals surface area (Å²) in [5.41, 5.74) is 7.66. The summed E-state index contributed by atoms with van der Waals surface area (Å²) in [6.07, 6.45) is -0.747. The molecule has 0 aliphatic carbocycles. The lowest BCUT2D eigenvalue weighted by Crippen LogP contribution is -2.47. The molecule has 0 spiro atoms. The van der Waals surface area contributed by atoms with E-state index in [1.54, 1.807) is 44.6 Å². The highest BCUT2D eigenvalue weighted by atomic mass is 35.5. The van der Waals surface area contributed by atoms with Gasteiger partial charge in [-0.1, -0.05) is 44.4 Å². The lowest BCUT2D eigenvalue weighted by Gasteiger charge is -2.40. The number of aromatic nitrogens is 3. The minimum atomic E-state index is -2.16. The first-order chi connectivity index (χ1) is 22.5. The molecule has 2 aromatic heterocycles. The number of carbonyl (C=O) groups is 1. The Bertz CT molecular complexity index is 1930. The first-order valence-electron chi connectivity index (χ1n) is 16.1. The average molecular weight is 710 g/mol. The lowest BCUT2D eigenvalue weighted by molar-refractivity contribution is 0.0502. The van der Waals surface area contributed by atoms with Gasteiger partial charge in [-0.15, -0.1) is 0 Å². The van der Waals surface area contributed by atoms with Gasteiger partial charge in [-0.25, -0.2) is 18.6 Å². The Kier molecular flexibility index (Phi) is 10.6. The van der Waals surface area contributed by atoms with E-state index in [4.69, 9.17) is 31.5 Å². The molecule has 1 unspecified atom stereocenters. The third-order valence-electron chi connectivity index (χ3n) is 8.37. The van der Waals surface area contributed by atoms with Crippen molar-refractivity contribution in [3.63, 3.8) is 0 Å². The summed E-state index contributed by atoms with van der Waals surface area (Å²) in [4.78, 5) is 18.3. The molecule has 49 heavy (non-hydrogen) atoms. The maximum Gasteiger partial charge on any atom is 0.408 e. The molecule has 1 amide bonds. The van der Waals surface area contributed by atoms with E-state index >= 15 is 0 Å². The van der Waals surface area contributed by atoms with Crippen molar-refractivity contribution in [1.82, 2.24) is 20.1 Å². The summed E-state index contributed by atoms with van der Waals surface area (Å²) in [5.74, 6) is 5.21. The number of benzene rings is 2. The van der Waals surface area contributed by atoms with E-state index in [-0.39, 0.29) is 17.3 Å². The number of pyridine rings is 1. The van der Waals surface area contributed by atoms with Crippen LogP contribution in [0.2, 0.25) is 23.2 Å². The molecule has 0 aliphatic heterocycles. The van der Waals surface area contributed by atoms with Crippen molar-refractivity contribution >= 4 is 42.7 Å². The zero-order valence-electron chi connectivity index (χ0n) is 30.1. The second-order valence-electron chi connectivity index (χ2n) is 15.3. The lowest BCUT2D eigenvalue weighted by atomic mass is 9.94. The number of alkyl carbamates (subject to hydrolysis) is 1. The van der Waals surface area contributed by atoms with Gasteiger partial charge in [-0.3, -0.25) is 4.68 Å². The summed E-state index contributed by atoms with van der Waals surface area (Å²) in [7, 11) is -0.408. The van der Waals surface area contributed by atoms with Crippen LogP contribution in [0.5, 0.6) is 0 Å². The normalized spacial score (nSPS) is 13.2. The molecule has 4 aromatic rings. The predicted octanol–water partition coefficient (Wildman–Crippen LogP) is 9.11. The second-order valence-corrected chi connectivity index (χ2v) is 20.4. The molecule has 1 atom stereocenters. The number of ether oxygens (including phenoxy) is 1. The Morgan fingerprint density at radius 1 is 1.02 bits per heavy atom. The Balaban J connectivity index is 1.95. The number of amides is 1. The van der Waals surface area contributed by atoms with Crippen molar-refractivity contribution in [2.45, 2.75) is 97.2 Å². The van der Waals surface area contributed by atoms with Gasteiger partial charge in [0.05, 0.1) is 27.7 Å². The number of hydrogen-bond donors (Lipinski definition) is 2. The van der Waals surface area contributed by atoms with E-state index in [1.165, 1.54) is 12.1 Å². The molecule has 0 fully saturated rings. The van der Waals surface area contributed by atoms with Gasteiger partial charge in [-0.2, -0.15) is 5.10 Å². The number of halogens is 3.